The van der Waals surface area contributed by atoms with Crippen LogP contribution in [0.25, 0.3) is 0 Å². The number of carbonyl (C=O) groups is 2. The van der Waals surface area contributed by atoms with Crippen LogP contribution in [0.1, 0.15) is 57.5 Å². The molecule has 0 radical (unpaired) electrons. The summed E-state index contributed by atoms with van der Waals surface area (Å²) in [7, 11) is 0. The van der Waals surface area contributed by atoms with Crippen LogP contribution in [0.15, 0.2) is 47.2 Å². The Hall–Kier alpha value is -2.64. The Balaban J connectivity index is 1.54. The van der Waals surface area contributed by atoms with Gasteiger partial charge in [0.1, 0.15) is 18.9 Å². The molecule has 0 saturated heterocycles. The first-order valence-corrected chi connectivity index (χ1v) is 14.0. The summed E-state index contributed by atoms with van der Waals surface area (Å²) in [6, 6.07) is 11.8. The van der Waals surface area contributed by atoms with E-state index >= 15 is 0 Å². The van der Waals surface area contributed by atoms with Crippen molar-refractivity contribution in [2.24, 2.45) is 5.92 Å². The molecule has 0 spiro atoms. The van der Waals surface area contributed by atoms with E-state index in [-0.39, 0.29) is 24.4 Å². The maximum absolute atomic E-state index is 13.7. The molecule has 0 aliphatic carbocycles. The molecule has 35 heavy (non-hydrogen) atoms. The summed E-state index contributed by atoms with van der Waals surface area (Å²) in [6.07, 6.45) is 1.79. The van der Waals surface area contributed by atoms with Crippen molar-refractivity contribution in [3.63, 3.8) is 0 Å². The zero-order valence-corrected chi connectivity index (χ0v) is 22.6. The molecule has 0 N–H and O–H groups in total. The van der Waals surface area contributed by atoms with E-state index in [1.807, 2.05) is 41.5 Å². The van der Waals surface area contributed by atoms with Gasteiger partial charge in [-0.2, -0.15) is 0 Å². The predicted molar refractivity (Wildman–Crippen MR) is 144 cm³/mol. The summed E-state index contributed by atoms with van der Waals surface area (Å²) >= 11 is 3.16. The van der Waals surface area contributed by atoms with Gasteiger partial charge in [0.2, 0.25) is 5.91 Å². The van der Waals surface area contributed by atoms with E-state index in [1.165, 1.54) is 21.8 Å². The Morgan fingerprint density at radius 2 is 2.00 bits per heavy atom. The molecule has 1 aliphatic heterocycles. The van der Waals surface area contributed by atoms with Crippen LogP contribution in [-0.4, -0.2) is 47.9 Å². The second-order valence-electron chi connectivity index (χ2n) is 9.41. The fourth-order valence-electron chi connectivity index (χ4n) is 4.54. The van der Waals surface area contributed by atoms with Gasteiger partial charge in [0, 0.05) is 18.0 Å². The molecule has 0 unspecified atom stereocenters. The molecule has 3 heterocycles. The molecule has 1 aliphatic rings. The molecule has 4 rings (SSSR count). The molecular weight excluding hydrogens is 476 g/mol. The van der Waals surface area contributed by atoms with Crippen molar-refractivity contribution in [2.75, 3.05) is 26.2 Å². The number of carbonyl (C=O) groups excluding carboxylic acids is 2. The van der Waals surface area contributed by atoms with Gasteiger partial charge in [-0.15, -0.1) is 22.7 Å². The summed E-state index contributed by atoms with van der Waals surface area (Å²) in [4.78, 5) is 32.6. The molecule has 3 aromatic rings. The topological polar surface area (TPSA) is 49.9 Å². The number of nitrogens with zero attached hydrogens (tertiary/aromatic N) is 2. The van der Waals surface area contributed by atoms with Crippen molar-refractivity contribution in [3.05, 3.63) is 73.6 Å². The summed E-state index contributed by atoms with van der Waals surface area (Å²) in [5, 5.41) is 4.00. The number of fused-ring (bicyclic) bond motifs is 1. The minimum atomic E-state index is -0.166. The molecule has 2 aromatic heterocycles. The number of hydrogen-bond acceptors (Lipinski definition) is 5. The average molecular weight is 511 g/mol. The maximum Gasteiger partial charge on any atom is 0.264 e. The second kappa shape index (κ2) is 11.4. The highest BCUT2D eigenvalue weighted by atomic mass is 32.1. The van der Waals surface area contributed by atoms with Crippen molar-refractivity contribution in [1.82, 2.24) is 9.80 Å². The molecule has 2 amide bonds. The van der Waals surface area contributed by atoms with Crippen LogP contribution in [0.3, 0.4) is 0 Å². The molecule has 7 heteroatoms. The first kappa shape index (κ1) is 25.5. The highest BCUT2D eigenvalue weighted by Gasteiger charge is 2.34. The minimum Gasteiger partial charge on any atom is -0.491 e. The lowest BCUT2D eigenvalue weighted by atomic mass is 10.00. The van der Waals surface area contributed by atoms with E-state index in [4.69, 9.17) is 4.74 Å². The zero-order valence-electron chi connectivity index (χ0n) is 21.0. The standard InChI is InChI=1S/C28H34N2O3S2/c1-5-19(2)16-29(28(32)26-7-6-13-34-26)17-27(31)30-12-10-25-22(11-14-35-25)23(30)18-33-24-9-8-20(3)15-21(24)4/h6-9,11,13-15,19,23H,5,10,12,16-18H2,1-4H3/t19-,23-/m0/s1. The number of benzene rings is 1. The predicted octanol–water partition coefficient (Wildman–Crippen LogP) is 6.12. The Morgan fingerprint density at radius 3 is 2.71 bits per heavy atom. The number of aryl methyl sites for hydroxylation is 2. The molecule has 0 fully saturated rings. The minimum absolute atomic E-state index is 0.0238. The maximum atomic E-state index is 13.7. The lowest BCUT2D eigenvalue weighted by molar-refractivity contribution is -0.135. The molecule has 1 aromatic carbocycles. The van der Waals surface area contributed by atoms with Gasteiger partial charge in [0.05, 0.1) is 10.9 Å². The van der Waals surface area contributed by atoms with Crippen molar-refractivity contribution >= 4 is 34.5 Å². The van der Waals surface area contributed by atoms with Gasteiger partial charge in [-0.25, -0.2) is 0 Å². The van der Waals surface area contributed by atoms with Crippen molar-refractivity contribution in [3.8, 4) is 5.75 Å². The van der Waals surface area contributed by atoms with Crippen LogP contribution >= 0.6 is 22.7 Å². The molecule has 186 valence electrons. The van der Waals surface area contributed by atoms with E-state index in [2.05, 4.69) is 38.3 Å². The smallest absolute Gasteiger partial charge is 0.264 e. The highest BCUT2D eigenvalue weighted by molar-refractivity contribution is 7.12. The van der Waals surface area contributed by atoms with Crippen LogP contribution in [0.5, 0.6) is 5.75 Å². The quantitative estimate of drug-likeness (QED) is 0.348. The van der Waals surface area contributed by atoms with Crippen molar-refractivity contribution < 1.29 is 14.3 Å². The molecule has 0 saturated carbocycles. The zero-order chi connectivity index (χ0) is 24.9. The monoisotopic (exact) mass is 510 g/mol. The van der Waals surface area contributed by atoms with Crippen LogP contribution in [0, 0.1) is 19.8 Å². The summed E-state index contributed by atoms with van der Waals surface area (Å²) in [6.45, 7) is 10.0. The fraction of sp³-hybridized carbons (Fsp3) is 0.429. The average Bonchev–Trinajstić information content (AvgIpc) is 3.54. The highest BCUT2D eigenvalue weighted by Crippen LogP contribution is 2.34. The number of ether oxygens (including phenoxy) is 1. The van der Waals surface area contributed by atoms with Gasteiger partial charge in [0.25, 0.3) is 5.91 Å². The van der Waals surface area contributed by atoms with Crippen LogP contribution in [0.4, 0.5) is 0 Å². The number of amides is 2. The molecular formula is C28H34N2O3S2. The normalized spacial score (nSPS) is 16.0. The number of rotatable bonds is 9. The van der Waals surface area contributed by atoms with E-state index in [1.54, 1.807) is 16.2 Å². The Morgan fingerprint density at radius 1 is 1.17 bits per heavy atom. The van der Waals surface area contributed by atoms with Crippen LogP contribution in [0.2, 0.25) is 0 Å². The first-order valence-electron chi connectivity index (χ1n) is 12.3. The molecule has 0 bridgehead atoms. The van der Waals surface area contributed by atoms with Crippen molar-refractivity contribution in [2.45, 2.75) is 46.6 Å². The summed E-state index contributed by atoms with van der Waals surface area (Å²) in [5.74, 6) is 1.08. The Bertz CT molecular complexity index is 1150. The largest absolute Gasteiger partial charge is 0.491 e. The Labute approximate surface area is 216 Å². The summed E-state index contributed by atoms with van der Waals surface area (Å²) in [5.41, 5.74) is 3.45. The fourth-order valence-corrected chi connectivity index (χ4v) is 6.16. The third-order valence-corrected chi connectivity index (χ3v) is 8.57. The third kappa shape index (κ3) is 5.96. The van der Waals surface area contributed by atoms with E-state index < -0.39 is 0 Å². The number of hydrogen-bond donors (Lipinski definition) is 0. The van der Waals surface area contributed by atoms with E-state index in [0.29, 0.717) is 30.5 Å². The Kier molecular flexibility index (Phi) is 8.29. The lowest BCUT2D eigenvalue weighted by Crippen LogP contribution is -2.48. The van der Waals surface area contributed by atoms with Gasteiger partial charge in [-0.05, 0) is 66.3 Å². The first-order chi connectivity index (χ1) is 16.9. The SMILES string of the molecule is CC[C@H](C)CN(CC(=O)N1CCc2sccc2[C@@H]1COc1ccc(C)cc1C)C(=O)c1cccs1. The molecule has 2 atom stereocenters. The van der Waals surface area contributed by atoms with E-state index in [0.717, 1.165) is 29.7 Å². The van der Waals surface area contributed by atoms with Gasteiger partial charge in [-0.3, -0.25) is 9.59 Å². The third-order valence-electron chi connectivity index (χ3n) is 6.72. The van der Waals surface area contributed by atoms with Gasteiger partial charge in [-0.1, -0.05) is 44.0 Å². The molecule has 5 nitrogen and oxygen atoms in total. The number of thiophene rings is 2. The van der Waals surface area contributed by atoms with Crippen LogP contribution < -0.4 is 4.74 Å². The van der Waals surface area contributed by atoms with Gasteiger partial charge < -0.3 is 14.5 Å². The second-order valence-corrected chi connectivity index (χ2v) is 11.4. The van der Waals surface area contributed by atoms with E-state index in [9.17, 15) is 9.59 Å². The van der Waals surface area contributed by atoms with Crippen LogP contribution in [-0.2, 0) is 11.2 Å². The summed E-state index contributed by atoms with van der Waals surface area (Å²) < 4.78 is 6.26. The van der Waals surface area contributed by atoms with Crippen molar-refractivity contribution in [1.29, 1.82) is 0 Å². The lowest BCUT2D eigenvalue weighted by Gasteiger charge is -2.37. The van der Waals surface area contributed by atoms with Gasteiger partial charge >= 0.3 is 0 Å². The van der Waals surface area contributed by atoms with Gasteiger partial charge in [0.15, 0.2) is 0 Å².